The summed E-state index contributed by atoms with van der Waals surface area (Å²) in [4.78, 5) is 31.9. The third-order valence-corrected chi connectivity index (χ3v) is 6.54. The predicted molar refractivity (Wildman–Crippen MR) is 140 cm³/mol. The number of aliphatic hydroxyl groups excluding tert-OH is 1. The number of hydrogen-bond acceptors (Lipinski definition) is 5. The first-order chi connectivity index (χ1) is 18.0. The zero-order valence-electron chi connectivity index (χ0n) is 20.4. The van der Waals surface area contributed by atoms with Crippen LogP contribution in [0, 0.1) is 6.92 Å². The molecule has 1 aliphatic heterocycles. The molecule has 0 radical (unpaired) electrons. The van der Waals surface area contributed by atoms with E-state index >= 15 is 0 Å². The average molecular weight is 491 g/mol. The van der Waals surface area contributed by atoms with Gasteiger partial charge < -0.3 is 14.7 Å². The lowest BCUT2D eigenvalue weighted by molar-refractivity contribution is -0.140. The van der Waals surface area contributed by atoms with Gasteiger partial charge in [-0.25, -0.2) is 0 Å². The largest absolute Gasteiger partial charge is 0.507 e. The predicted octanol–water partition coefficient (Wildman–Crippen LogP) is 5.59. The molecule has 1 aromatic heterocycles. The van der Waals surface area contributed by atoms with Gasteiger partial charge in [0.25, 0.3) is 11.7 Å². The minimum absolute atomic E-state index is 0.0684. The van der Waals surface area contributed by atoms with Crippen LogP contribution in [0.3, 0.4) is 0 Å². The molecular weight excluding hydrogens is 464 g/mol. The Morgan fingerprint density at radius 3 is 2.27 bits per heavy atom. The molecule has 5 rings (SSSR count). The maximum atomic E-state index is 13.2. The number of carbonyl (C=O) groups excluding carboxylic acids is 2. The van der Waals surface area contributed by atoms with Crippen LogP contribution in [0.1, 0.15) is 33.9 Å². The van der Waals surface area contributed by atoms with E-state index in [2.05, 4.69) is 4.98 Å². The molecule has 1 N–H and O–H groups in total. The highest BCUT2D eigenvalue weighted by molar-refractivity contribution is 6.46. The van der Waals surface area contributed by atoms with Crippen LogP contribution in [-0.2, 0) is 22.7 Å². The lowest BCUT2D eigenvalue weighted by Gasteiger charge is -2.25. The third-order valence-electron chi connectivity index (χ3n) is 6.54. The molecule has 1 unspecified atom stereocenters. The quantitative estimate of drug-likeness (QED) is 0.208. The third kappa shape index (κ3) is 5.00. The molecule has 1 aliphatic rings. The van der Waals surface area contributed by atoms with Gasteiger partial charge in [-0.15, -0.1) is 0 Å². The maximum absolute atomic E-state index is 13.2. The van der Waals surface area contributed by atoms with Crippen LogP contribution in [0.15, 0.2) is 109 Å². The van der Waals surface area contributed by atoms with Crippen molar-refractivity contribution in [2.24, 2.45) is 0 Å². The number of rotatable bonds is 7. The van der Waals surface area contributed by atoms with Crippen LogP contribution in [0.2, 0.25) is 0 Å². The Balaban J connectivity index is 1.46. The van der Waals surface area contributed by atoms with E-state index in [1.165, 1.54) is 4.90 Å². The van der Waals surface area contributed by atoms with Gasteiger partial charge >= 0.3 is 0 Å². The van der Waals surface area contributed by atoms with Gasteiger partial charge in [0.05, 0.1) is 11.6 Å². The van der Waals surface area contributed by atoms with Crippen molar-refractivity contribution in [3.63, 3.8) is 0 Å². The van der Waals surface area contributed by atoms with E-state index in [-0.39, 0.29) is 17.9 Å². The fraction of sp³-hybridized carbons (Fsp3) is 0.129. The van der Waals surface area contributed by atoms with E-state index < -0.39 is 17.7 Å². The molecule has 0 saturated carbocycles. The summed E-state index contributed by atoms with van der Waals surface area (Å²) in [6.45, 7) is 2.67. The molecule has 6 heteroatoms. The lowest BCUT2D eigenvalue weighted by atomic mass is 9.95. The van der Waals surface area contributed by atoms with Gasteiger partial charge in [-0.05, 0) is 65.6 Å². The monoisotopic (exact) mass is 490 g/mol. The molecule has 1 atom stereocenters. The molecule has 4 aromatic rings. The smallest absolute Gasteiger partial charge is 0.295 e. The minimum Gasteiger partial charge on any atom is -0.507 e. The van der Waals surface area contributed by atoms with Gasteiger partial charge in [0, 0.05) is 24.5 Å². The van der Waals surface area contributed by atoms with Crippen LogP contribution in [0.5, 0.6) is 5.75 Å². The van der Waals surface area contributed by atoms with E-state index in [4.69, 9.17) is 4.74 Å². The summed E-state index contributed by atoms with van der Waals surface area (Å²) in [5.41, 5.74) is 4.33. The van der Waals surface area contributed by atoms with E-state index in [1.54, 1.807) is 48.8 Å². The van der Waals surface area contributed by atoms with E-state index in [0.29, 0.717) is 17.9 Å². The number of benzene rings is 3. The van der Waals surface area contributed by atoms with E-state index in [9.17, 15) is 14.7 Å². The van der Waals surface area contributed by atoms with Gasteiger partial charge in [-0.3, -0.25) is 14.6 Å². The first kappa shape index (κ1) is 24.0. The second-order valence-corrected chi connectivity index (χ2v) is 8.93. The van der Waals surface area contributed by atoms with Crippen molar-refractivity contribution in [1.82, 2.24) is 9.88 Å². The highest BCUT2D eigenvalue weighted by atomic mass is 16.5. The van der Waals surface area contributed by atoms with Crippen molar-refractivity contribution in [2.45, 2.75) is 26.1 Å². The number of nitrogens with zero attached hydrogens (tertiary/aromatic N) is 2. The molecule has 1 amide bonds. The van der Waals surface area contributed by atoms with Crippen molar-refractivity contribution in [1.29, 1.82) is 0 Å². The van der Waals surface area contributed by atoms with Crippen molar-refractivity contribution < 1.29 is 19.4 Å². The summed E-state index contributed by atoms with van der Waals surface area (Å²) in [5.74, 6) is -0.932. The number of likely N-dealkylation sites (tertiary alicyclic amines) is 1. The number of amides is 1. The molecule has 2 heterocycles. The minimum atomic E-state index is -0.716. The summed E-state index contributed by atoms with van der Waals surface area (Å²) in [5, 5.41) is 11.3. The van der Waals surface area contributed by atoms with Gasteiger partial charge in [0.15, 0.2) is 0 Å². The first-order valence-corrected chi connectivity index (χ1v) is 12.0. The normalized spacial score (nSPS) is 16.7. The molecule has 0 bridgehead atoms. The van der Waals surface area contributed by atoms with Crippen molar-refractivity contribution >= 4 is 17.4 Å². The molecular formula is C31H26N2O4. The average Bonchev–Trinajstić information content (AvgIpc) is 3.18. The summed E-state index contributed by atoms with van der Waals surface area (Å²) >= 11 is 0. The number of ketones is 1. The van der Waals surface area contributed by atoms with Crippen LogP contribution in [-0.4, -0.2) is 26.7 Å². The Hall–Kier alpha value is -4.71. The second-order valence-electron chi connectivity index (χ2n) is 8.93. The number of Topliss-reactive ketones (excluding diaryl/α,β-unsaturated/α-hetero) is 1. The summed E-state index contributed by atoms with van der Waals surface area (Å²) in [7, 11) is 0. The molecule has 1 saturated heterocycles. The molecule has 0 spiro atoms. The van der Waals surface area contributed by atoms with Crippen LogP contribution < -0.4 is 4.74 Å². The van der Waals surface area contributed by atoms with Crippen molar-refractivity contribution in [3.8, 4) is 5.75 Å². The van der Waals surface area contributed by atoms with E-state index in [1.807, 2.05) is 61.5 Å². The lowest BCUT2D eigenvalue weighted by Crippen LogP contribution is -2.29. The molecule has 37 heavy (non-hydrogen) atoms. The first-order valence-electron chi connectivity index (χ1n) is 12.0. The Morgan fingerprint density at radius 1 is 0.892 bits per heavy atom. The van der Waals surface area contributed by atoms with E-state index in [0.717, 1.165) is 22.3 Å². The SMILES string of the molecule is Cc1ccccc1COc1ccc(C(O)=C2C(=O)C(=O)N(Cc3ccncc3)C2c2ccccc2)cc1. The van der Waals surface area contributed by atoms with Gasteiger partial charge in [0.1, 0.15) is 18.1 Å². The number of aliphatic hydroxyl groups is 1. The standard InChI is InChI=1S/C31H26N2O4/c1-21-7-5-6-10-25(21)20-37-26-13-11-24(12-14-26)29(34)27-28(23-8-3-2-4-9-23)33(31(36)30(27)35)19-22-15-17-32-18-16-22/h2-18,28,34H,19-20H2,1H3. The Morgan fingerprint density at radius 2 is 1.57 bits per heavy atom. The molecule has 1 fully saturated rings. The van der Waals surface area contributed by atoms with Gasteiger partial charge in [-0.2, -0.15) is 0 Å². The number of pyridine rings is 1. The van der Waals surface area contributed by atoms with Crippen LogP contribution >= 0.6 is 0 Å². The number of aromatic nitrogens is 1. The Bertz CT molecular complexity index is 1450. The van der Waals surface area contributed by atoms with Crippen molar-refractivity contribution in [2.75, 3.05) is 0 Å². The number of ether oxygens (including phenoxy) is 1. The Labute approximate surface area is 215 Å². The zero-order chi connectivity index (χ0) is 25.8. The van der Waals surface area contributed by atoms with Crippen molar-refractivity contribution in [3.05, 3.63) is 137 Å². The zero-order valence-corrected chi connectivity index (χ0v) is 20.4. The number of carbonyl (C=O) groups is 2. The Kier molecular flexibility index (Phi) is 6.81. The van der Waals surface area contributed by atoms with Gasteiger partial charge in [-0.1, -0.05) is 54.6 Å². The summed E-state index contributed by atoms with van der Waals surface area (Å²) in [6.07, 6.45) is 3.29. The second kappa shape index (κ2) is 10.5. The molecule has 3 aromatic carbocycles. The van der Waals surface area contributed by atoms with Crippen LogP contribution in [0.25, 0.3) is 5.76 Å². The molecule has 0 aliphatic carbocycles. The topological polar surface area (TPSA) is 79.7 Å². The number of hydrogen-bond donors (Lipinski definition) is 1. The summed E-state index contributed by atoms with van der Waals surface area (Å²) < 4.78 is 5.91. The highest BCUT2D eigenvalue weighted by Crippen LogP contribution is 2.40. The fourth-order valence-corrected chi connectivity index (χ4v) is 4.51. The molecule has 184 valence electrons. The fourth-order valence-electron chi connectivity index (χ4n) is 4.51. The maximum Gasteiger partial charge on any atom is 0.295 e. The van der Waals surface area contributed by atoms with Crippen LogP contribution in [0.4, 0.5) is 0 Å². The highest BCUT2D eigenvalue weighted by Gasteiger charge is 2.46. The summed E-state index contributed by atoms with van der Waals surface area (Å²) in [6, 6.07) is 27.1. The molecule has 6 nitrogen and oxygen atoms in total. The number of aryl methyl sites for hydroxylation is 1. The van der Waals surface area contributed by atoms with Gasteiger partial charge in [0.2, 0.25) is 0 Å².